The molecule has 0 radical (unpaired) electrons. The van der Waals surface area contributed by atoms with Gasteiger partial charge in [0.25, 0.3) is 0 Å². The van der Waals surface area contributed by atoms with Crippen molar-refractivity contribution in [1.29, 1.82) is 0 Å². The largest absolute Gasteiger partial charge is 0.481 e. The highest BCUT2D eigenvalue weighted by Crippen LogP contribution is 2.09. The lowest BCUT2D eigenvalue weighted by molar-refractivity contribution is -0.138. The van der Waals surface area contributed by atoms with Gasteiger partial charge in [-0.05, 0) is 12.8 Å². The lowest BCUT2D eigenvalue weighted by Gasteiger charge is -2.16. The van der Waals surface area contributed by atoms with Crippen LogP contribution in [-0.2, 0) is 4.79 Å². The molecule has 0 heterocycles. The van der Waals surface area contributed by atoms with Gasteiger partial charge < -0.3 is 15.3 Å². The van der Waals surface area contributed by atoms with Gasteiger partial charge in [0.15, 0.2) is 0 Å². The molecule has 0 spiro atoms. The van der Waals surface area contributed by atoms with Gasteiger partial charge in [0.2, 0.25) is 0 Å². The molecule has 0 aliphatic carbocycles. The van der Waals surface area contributed by atoms with Crippen LogP contribution in [0.25, 0.3) is 0 Å². The standard InChI is InChI=1S/C9H18O4/c1-2-3-4-7(10)8(11)5-6-9(12)13/h7-8,10-11H,2-6H2,1H3,(H,12,13). The van der Waals surface area contributed by atoms with Gasteiger partial charge in [-0.15, -0.1) is 0 Å². The number of carbonyl (C=O) groups is 1. The third-order valence-corrected chi connectivity index (χ3v) is 1.95. The number of carboxylic acids is 1. The summed E-state index contributed by atoms with van der Waals surface area (Å²) in [6.45, 7) is 2.00. The molecule has 2 atom stereocenters. The number of hydrogen-bond acceptors (Lipinski definition) is 3. The Bertz CT molecular complexity index is 147. The molecule has 2 unspecified atom stereocenters. The van der Waals surface area contributed by atoms with E-state index in [0.29, 0.717) is 6.42 Å². The minimum absolute atomic E-state index is 0.0929. The predicted molar refractivity (Wildman–Crippen MR) is 48.4 cm³/mol. The second kappa shape index (κ2) is 6.86. The highest BCUT2D eigenvalue weighted by molar-refractivity contribution is 5.66. The topological polar surface area (TPSA) is 77.8 Å². The SMILES string of the molecule is CCCCC(O)C(O)CCC(=O)O. The number of carboxylic acid groups (broad SMARTS) is 1. The Labute approximate surface area is 78.2 Å². The van der Waals surface area contributed by atoms with Crippen LogP contribution in [0.1, 0.15) is 39.0 Å². The van der Waals surface area contributed by atoms with E-state index in [1.54, 1.807) is 0 Å². The van der Waals surface area contributed by atoms with Gasteiger partial charge in [-0.1, -0.05) is 19.8 Å². The molecule has 0 saturated carbocycles. The van der Waals surface area contributed by atoms with E-state index in [1.807, 2.05) is 6.92 Å². The van der Waals surface area contributed by atoms with Gasteiger partial charge in [-0.2, -0.15) is 0 Å². The molecule has 0 aliphatic heterocycles. The number of aliphatic carboxylic acids is 1. The van der Waals surface area contributed by atoms with Gasteiger partial charge in [0.05, 0.1) is 12.2 Å². The van der Waals surface area contributed by atoms with Crippen LogP contribution in [-0.4, -0.2) is 33.5 Å². The molecule has 3 N–H and O–H groups in total. The molecular formula is C9H18O4. The fourth-order valence-electron chi connectivity index (χ4n) is 1.07. The molecular weight excluding hydrogens is 172 g/mol. The summed E-state index contributed by atoms with van der Waals surface area (Å²) in [5.41, 5.74) is 0. The average molecular weight is 190 g/mol. The number of unbranched alkanes of at least 4 members (excludes halogenated alkanes) is 1. The molecule has 0 aliphatic rings. The minimum atomic E-state index is -0.943. The zero-order valence-electron chi connectivity index (χ0n) is 7.94. The summed E-state index contributed by atoms with van der Waals surface area (Å²) in [6.07, 6.45) is 0.706. The van der Waals surface area contributed by atoms with Gasteiger partial charge in [0.1, 0.15) is 0 Å². The van der Waals surface area contributed by atoms with E-state index in [9.17, 15) is 15.0 Å². The molecule has 0 rings (SSSR count). The molecule has 0 fully saturated rings. The molecule has 13 heavy (non-hydrogen) atoms. The summed E-state index contributed by atoms with van der Waals surface area (Å²) in [7, 11) is 0. The number of rotatable bonds is 7. The van der Waals surface area contributed by atoms with E-state index in [2.05, 4.69) is 0 Å². The van der Waals surface area contributed by atoms with E-state index < -0.39 is 18.2 Å². The van der Waals surface area contributed by atoms with Crippen molar-refractivity contribution in [3.05, 3.63) is 0 Å². The lowest BCUT2D eigenvalue weighted by atomic mass is 10.0. The first-order valence-electron chi connectivity index (χ1n) is 4.65. The summed E-state index contributed by atoms with van der Waals surface area (Å²) in [5.74, 6) is -0.943. The molecule has 0 aromatic heterocycles. The van der Waals surface area contributed by atoms with E-state index >= 15 is 0 Å². The highest BCUT2D eigenvalue weighted by Gasteiger charge is 2.16. The zero-order valence-corrected chi connectivity index (χ0v) is 7.94. The maximum absolute atomic E-state index is 10.1. The molecule has 0 aromatic rings. The van der Waals surface area contributed by atoms with Crippen molar-refractivity contribution in [3.63, 3.8) is 0 Å². The fraction of sp³-hybridized carbons (Fsp3) is 0.889. The first kappa shape index (κ1) is 12.4. The maximum atomic E-state index is 10.1. The Hall–Kier alpha value is -0.610. The minimum Gasteiger partial charge on any atom is -0.481 e. The van der Waals surface area contributed by atoms with Crippen LogP contribution in [0.4, 0.5) is 0 Å². The van der Waals surface area contributed by atoms with Gasteiger partial charge in [0, 0.05) is 6.42 Å². The van der Waals surface area contributed by atoms with E-state index in [-0.39, 0.29) is 12.8 Å². The van der Waals surface area contributed by atoms with Crippen molar-refractivity contribution in [3.8, 4) is 0 Å². The Kier molecular flexibility index (Phi) is 6.54. The van der Waals surface area contributed by atoms with Crippen molar-refractivity contribution in [2.24, 2.45) is 0 Å². The second-order valence-electron chi connectivity index (χ2n) is 3.21. The van der Waals surface area contributed by atoms with E-state index in [1.165, 1.54) is 0 Å². The molecule has 0 saturated heterocycles. The summed E-state index contributed by atoms with van der Waals surface area (Å²) in [4.78, 5) is 10.1. The van der Waals surface area contributed by atoms with Crippen LogP contribution >= 0.6 is 0 Å². The molecule has 0 amide bonds. The monoisotopic (exact) mass is 190 g/mol. The first-order chi connectivity index (χ1) is 6.07. The summed E-state index contributed by atoms with van der Waals surface area (Å²) >= 11 is 0. The zero-order chi connectivity index (χ0) is 10.3. The van der Waals surface area contributed by atoms with Crippen molar-refractivity contribution in [2.75, 3.05) is 0 Å². The van der Waals surface area contributed by atoms with Crippen LogP contribution in [0, 0.1) is 0 Å². The molecule has 4 nitrogen and oxygen atoms in total. The quantitative estimate of drug-likeness (QED) is 0.554. The van der Waals surface area contributed by atoms with Crippen LogP contribution in [0.5, 0.6) is 0 Å². The van der Waals surface area contributed by atoms with Gasteiger partial charge >= 0.3 is 5.97 Å². The maximum Gasteiger partial charge on any atom is 0.303 e. The van der Waals surface area contributed by atoms with E-state index in [4.69, 9.17) is 5.11 Å². The number of aliphatic hydroxyl groups is 2. The Balaban J connectivity index is 3.56. The van der Waals surface area contributed by atoms with E-state index in [0.717, 1.165) is 12.8 Å². The van der Waals surface area contributed by atoms with Gasteiger partial charge in [-0.3, -0.25) is 4.79 Å². The highest BCUT2D eigenvalue weighted by atomic mass is 16.4. The third-order valence-electron chi connectivity index (χ3n) is 1.95. The Morgan fingerprint density at radius 3 is 2.23 bits per heavy atom. The summed E-state index contributed by atoms with van der Waals surface area (Å²) in [6, 6.07) is 0. The normalized spacial score (nSPS) is 15.3. The smallest absolute Gasteiger partial charge is 0.303 e. The van der Waals surface area contributed by atoms with Crippen molar-refractivity contribution in [1.82, 2.24) is 0 Å². The van der Waals surface area contributed by atoms with Crippen molar-refractivity contribution < 1.29 is 20.1 Å². The lowest BCUT2D eigenvalue weighted by Crippen LogP contribution is -2.26. The molecule has 0 bridgehead atoms. The molecule has 0 aromatic carbocycles. The Morgan fingerprint density at radius 2 is 1.77 bits per heavy atom. The first-order valence-corrected chi connectivity index (χ1v) is 4.65. The number of hydrogen-bond donors (Lipinski definition) is 3. The summed E-state index contributed by atoms with van der Waals surface area (Å²) < 4.78 is 0. The van der Waals surface area contributed by atoms with Crippen LogP contribution in [0.2, 0.25) is 0 Å². The van der Waals surface area contributed by atoms with Crippen LogP contribution < -0.4 is 0 Å². The summed E-state index contributed by atoms with van der Waals surface area (Å²) in [5, 5.41) is 26.9. The van der Waals surface area contributed by atoms with Crippen molar-refractivity contribution >= 4 is 5.97 Å². The van der Waals surface area contributed by atoms with Gasteiger partial charge in [-0.25, -0.2) is 0 Å². The molecule has 78 valence electrons. The second-order valence-corrected chi connectivity index (χ2v) is 3.21. The third kappa shape index (κ3) is 6.54. The van der Waals surface area contributed by atoms with Crippen molar-refractivity contribution in [2.45, 2.75) is 51.2 Å². The average Bonchev–Trinajstić information content (AvgIpc) is 2.10. The van der Waals surface area contributed by atoms with Crippen LogP contribution in [0.3, 0.4) is 0 Å². The van der Waals surface area contributed by atoms with Crippen LogP contribution in [0.15, 0.2) is 0 Å². The molecule has 4 heteroatoms. The number of aliphatic hydroxyl groups excluding tert-OH is 2. The predicted octanol–water partition coefficient (Wildman–Crippen LogP) is 0.763. The fourth-order valence-corrected chi connectivity index (χ4v) is 1.07. The Morgan fingerprint density at radius 1 is 1.23 bits per heavy atom.